The third kappa shape index (κ3) is 4.28. The minimum absolute atomic E-state index is 0.0328. The summed E-state index contributed by atoms with van der Waals surface area (Å²) in [7, 11) is 1.30. The summed E-state index contributed by atoms with van der Waals surface area (Å²) in [6.07, 6.45) is -3.22. The van der Waals surface area contributed by atoms with Crippen LogP contribution in [-0.4, -0.2) is 20.8 Å². The number of carbonyl (C=O) groups is 1. The number of hydrogen-bond donors (Lipinski definition) is 2. The first-order valence-corrected chi connectivity index (χ1v) is 8.02. The molecule has 8 heteroatoms. The largest absolute Gasteiger partial charge is 0.506 e. The number of hydrogen-bond acceptors (Lipinski definition) is 3. The topological polar surface area (TPSA) is 67.2 Å². The average molecular weight is 375 g/mol. The summed E-state index contributed by atoms with van der Waals surface area (Å²) in [5, 5.41) is 15.6. The molecule has 0 atom stereocenters. The summed E-state index contributed by atoms with van der Waals surface area (Å²) in [5.41, 5.74) is -0.0469. The molecule has 0 saturated carbocycles. The van der Waals surface area contributed by atoms with Gasteiger partial charge in [0, 0.05) is 13.2 Å². The molecule has 2 N–H and O–H groups in total. The van der Waals surface area contributed by atoms with Crippen molar-refractivity contribution in [2.24, 2.45) is 7.05 Å². The van der Waals surface area contributed by atoms with Crippen LogP contribution >= 0.6 is 0 Å². The van der Waals surface area contributed by atoms with Crippen molar-refractivity contribution < 1.29 is 23.1 Å². The molecule has 27 heavy (non-hydrogen) atoms. The molecule has 0 radical (unpaired) electrons. The quantitative estimate of drug-likeness (QED) is 0.678. The van der Waals surface area contributed by atoms with E-state index in [-0.39, 0.29) is 11.4 Å². The lowest BCUT2D eigenvalue weighted by atomic mass is 10.0. The van der Waals surface area contributed by atoms with Gasteiger partial charge in [0.25, 0.3) is 5.91 Å². The molecular weight excluding hydrogens is 359 g/mol. The van der Waals surface area contributed by atoms with Crippen LogP contribution in [0.1, 0.15) is 27.2 Å². The first-order valence-electron chi connectivity index (χ1n) is 8.02. The van der Waals surface area contributed by atoms with Crippen LogP contribution in [0.5, 0.6) is 5.75 Å². The van der Waals surface area contributed by atoms with Crippen molar-refractivity contribution in [1.29, 1.82) is 0 Å². The highest BCUT2D eigenvalue weighted by molar-refractivity contribution is 6.05. The Bertz CT molecular complexity index is 966. The second-order valence-electron chi connectivity index (χ2n) is 6.03. The van der Waals surface area contributed by atoms with E-state index in [0.717, 1.165) is 22.0 Å². The van der Waals surface area contributed by atoms with Gasteiger partial charge in [0.1, 0.15) is 5.75 Å². The van der Waals surface area contributed by atoms with E-state index in [2.05, 4.69) is 10.4 Å². The van der Waals surface area contributed by atoms with Gasteiger partial charge in [-0.25, -0.2) is 0 Å². The van der Waals surface area contributed by atoms with Gasteiger partial charge in [-0.1, -0.05) is 36.4 Å². The molecule has 0 saturated heterocycles. The number of aromatic hydroxyl groups is 1. The van der Waals surface area contributed by atoms with Crippen LogP contribution in [0.25, 0.3) is 0 Å². The number of amides is 1. The molecule has 0 fully saturated rings. The van der Waals surface area contributed by atoms with Crippen molar-refractivity contribution in [3.05, 3.63) is 77.1 Å². The van der Waals surface area contributed by atoms with Crippen LogP contribution in [0, 0.1) is 0 Å². The molecule has 2 aromatic carbocycles. The van der Waals surface area contributed by atoms with E-state index < -0.39 is 23.3 Å². The molecule has 0 aliphatic rings. The SMILES string of the molecule is Cn1cc(C(=O)Nc2cc(Cc3ccccc3)ccc2O)c(C(F)(F)F)n1. The van der Waals surface area contributed by atoms with Gasteiger partial charge in [-0.05, 0) is 29.7 Å². The standard InChI is InChI=1S/C19H16F3N3O2/c1-25-11-14(17(24-25)19(20,21)22)18(27)23-15-10-13(7-8-16(15)26)9-12-5-3-2-4-6-12/h2-8,10-11,26H,9H2,1H3,(H,23,27). The van der Waals surface area contributed by atoms with Crippen molar-refractivity contribution >= 4 is 11.6 Å². The maximum atomic E-state index is 13.0. The molecule has 0 aliphatic heterocycles. The summed E-state index contributed by atoms with van der Waals surface area (Å²) in [6, 6.07) is 14.1. The second kappa shape index (κ2) is 7.14. The molecule has 3 rings (SSSR count). The minimum atomic E-state index is -4.76. The van der Waals surface area contributed by atoms with E-state index in [1.807, 2.05) is 30.3 Å². The predicted molar refractivity (Wildman–Crippen MR) is 93.5 cm³/mol. The predicted octanol–water partition coefficient (Wildman–Crippen LogP) is 3.99. The number of benzene rings is 2. The molecule has 1 heterocycles. The maximum Gasteiger partial charge on any atom is 0.435 e. The Kier molecular flexibility index (Phi) is 4.89. The molecule has 1 aromatic heterocycles. The third-order valence-corrected chi connectivity index (χ3v) is 3.90. The smallest absolute Gasteiger partial charge is 0.435 e. The van der Waals surface area contributed by atoms with E-state index in [4.69, 9.17) is 0 Å². The third-order valence-electron chi connectivity index (χ3n) is 3.90. The first kappa shape index (κ1) is 18.5. The van der Waals surface area contributed by atoms with Crippen LogP contribution < -0.4 is 5.32 Å². The summed E-state index contributed by atoms with van der Waals surface area (Å²) in [4.78, 5) is 12.3. The van der Waals surface area contributed by atoms with Gasteiger partial charge in [-0.3, -0.25) is 9.48 Å². The number of aromatic nitrogens is 2. The number of alkyl halides is 3. The highest BCUT2D eigenvalue weighted by Crippen LogP contribution is 2.32. The zero-order valence-corrected chi connectivity index (χ0v) is 14.3. The number of nitrogens with one attached hydrogen (secondary N) is 1. The second-order valence-corrected chi connectivity index (χ2v) is 6.03. The summed E-state index contributed by atoms with van der Waals surface area (Å²) < 4.78 is 40.0. The molecular formula is C19H16F3N3O2. The molecule has 3 aromatic rings. The maximum absolute atomic E-state index is 13.0. The zero-order valence-electron chi connectivity index (χ0n) is 14.3. The Morgan fingerprint density at radius 3 is 2.52 bits per heavy atom. The Hall–Kier alpha value is -3.29. The number of rotatable bonds is 4. The van der Waals surface area contributed by atoms with Crippen LogP contribution in [-0.2, 0) is 19.6 Å². The molecule has 1 amide bonds. The lowest BCUT2D eigenvalue weighted by molar-refractivity contribution is -0.141. The van der Waals surface area contributed by atoms with E-state index in [9.17, 15) is 23.1 Å². The van der Waals surface area contributed by atoms with E-state index in [1.165, 1.54) is 19.2 Å². The average Bonchev–Trinajstić information content (AvgIpc) is 3.01. The lowest BCUT2D eigenvalue weighted by Crippen LogP contribution is -2.18. The Morgan fingerprint density at radius 1 is 1.15 bits per heavy atom. The highest BCUT2D eigenvalue weighted by Gasteiger charge is 2.39. The summed E-state index contributed by atoms with van der Waals surface area (Å²) in [5.74, 6) is -1.24. The minimum Gasteiger partial charge on any atom is -0.506 e. The number of nitrogens with zero attached hydrogens (tertiary/aromatic N) is 2. The van der Waals surface area contributed by atoms with Crippen molar-refractivity contribution in [3.8, 4) is 5.75 Å². The molecule has 0 aliphatic carbocycles. The monoisotopic (exact) mass is 375 g/mol. The zero-order chi connectivity index (χ0) is 19.6. The fourth-order valence-corrected chi connectivity index (χ4v) is 2.68. The normalized spacial score (nSPS) is 11.4. The van der Waals surface area contributed by atoms with Crippen LogP contribution in [0.3, 0.4) is 0 Å². The van der Waals surface area contributed by atoms with Gasteiger partial charge in [-0.15, -0.1) is 0 Å². The molecule has 0 bridgehead atoms. The molecule has 140 valence electrons. The number of phenols is 1. The van der Waals surface area contributed by atoms with E-state index >= 15 is 0 Å². The van der Waals surface area contributed by atoms with Crippen LogP contribution in [0.2, 0.25) is 0 Å². The number of carbonyl (C=O) groups excluding carboxylic acids is 1. The lowest BCUT2D eigenvalue weighted by Gasteiger charge is -2.11. The van der Waals surface area contributed by atoms with Gasteiger partial charge in [-0.2, -0.15) is 18.3 Å². The summed E-state index contributed by atoms with van der Waals surface area (Å²) >= 11 is 0. The molecule has 0 spiro atoms. The summed E-state index contributed by atoms with van der Waals surface area (Å²) in [6.45, 7) is 0. The van der Waals surface area contributed by atoms with E-state index in [1.54, 1.807) is 6.07 Å². The van der Waals surface area contributed by atoms with Crippen molar-refractivity contribution in [2.75, 3.05) is 5.32 Å². The molecule has 0 unspecified atom stereocenters. The van der Waals surface area contributed by atoms with Crippen molar-refractivity contribution in [3.63, 3.8) is 0 Å². The fourth-order valence-electron chi connectivity index (χ4n) is 2.68. The van der Waals surface area contributed by atoms with Gasteiger partial charge < -0.3 is 10.4 Å². The van der Waals surface area contributed by atoms with Crippen molar-refractivity contribution in [1.82, 2.24) is 9.78 Å². The van der Waals surface area contributed by atoms with Crippen LogP contribution in [0.4, 0.5) is 18.9 Å². The number of phenolic OH excluding ortho intramolecular Hbond substituents is 1. The fraction of sp³-hybridized carbons (Fsp3) is 0.158. The van der Waals surface area contributed by atoms with E-state index in [0.29, 0.717) is 6.42 Å². The van der Waals surface area contributed by atoms with Gasteiger partial charge in [0.15, 0.2) is 5.69 Å². The Morgan fingerprint density at radius 2 is 1.85 bits per heavy atom. The molecule has 5 nitrogen and oxygen atoms in total. The van der Waals surface area contributed by atoms with Gasteiger partial charge in [0.05, 0.1) is 11.3 Å². The Balaban J connectivity index is 1.85. The Labute approximate surface area is 153 Å². The van der Waals surface area contributed by atoms with Gasteiger partial charge >= 0.3 is 6.18 Å². The number of halogens is 3. The number of aryl methyl sites for hydroxylation is 1. The van der Waals surface area contributed by atoms with Crippen molar-refractivity contribution in [2.45, 2.75) is 12.6 Å². The van der Waals surface area contributed by atoms with Gasteiger partial charge in [0.2, 0.25) is 0 Å². The number of anilines is 1. The highest BCUT2D eigenvalue weighted by atomic mass is 19.4. The first-order chi connectivity index (χ1) is 12.7. The van der Waals surface area contributed by atoms with Crippen LogP contribution in [0.15, 0.2) is 54.7 Å².